The van der Waals surface area contributed by atoms with E-state index < -0.39 is 9.84 Å². The van der Waals surface area contributed by atoms with E-state index in [4.69, 9.17) is 0 Å². The number of aromatic nitrogens is 2. The van der Waals surface area contributed by atoms with Crippen LogP contribution in [0.3, 0.4) is 0 Å². The second-order valence-electron chi connectivity index (χ2n) is 6.55. The number of hydrogen-bond acceptors (Lipinski definition) is 5. The minimum atomic E-state index is -3.00. The molecule has 128 valence electrons. The van der Waals surface area contributed by atoms with Crippen LogP contribution < -0.4 is 5.32 Å². The number of nitrogens with zero attached hydrogens (tertiary/aromatic N) is 3. The van der Waals surface area contributed by atoms with Crippen molar-refractivity contribution in [2.45, 2.75) is 45.3 Å². The van der Waals surface area contributed by atoms with Crippen LogP contribution in [0.25, 0.3) is 0 Å². The predicted octanol–water partition coefficient (Wildman–Crippen LogP) is 1.08. The maximum atomic E-state index is 11.4. The van der Waals surface area contributed by atoms with E-state index in [1.54, 1.807) is 6.08 Å². The van der Waals surface area contributed by atoms with Gasteiger partial charge in [0.2, 0.25) is 0 Å². The summed E-state index contributed by atoms with van der Waals surface area (Å²) in [5.74, 6) is 0.162. The molecule has 2 aliphatic heterocycles. The Balaban J connectivity index is 1.49. The zero-order valence-corrected chi connectivity index (χ0v) is 14.6. The largest absolute Gasteiger partial charge is 0.305 e. The molecule has 1 saturated heterocycles. The summed E-state index contributed by atoms with van der Waals surface area (Å²) in [4.78, 5) is 2.51. The van der Waals surface area contributed by atoms with Crippen LogP contribution in [-0.4, -0.2) is 54.5 Å². The Labute approximate surface area is 138 Å². The first-order valence-corrected chi connectivity index (χ1v) is 10.1. The fraction of sp³-hybridized carbons (Fsp3) is 0.688. The third-order valence-corrected chi connectivity index (χ3v) is 6.02. The Hall–Kier alpha value is -1.18. The van der Waals surface area contributed by atoms with Crippen molar-refractivity contribution in [3.63, 3.8) is 0 Å². The van der Waals surface area contributed by atoms with Crippen molar-refractivity contribution in [2.24, 2.45) is 0 Å². The summed E-state index contributed by atoms with van der Waals surface area (Å²) in [6.07, 6.45) is 7.79. The van der Waals surface area contributed by atoms with E-state index in [1.165, 1.54) is 37.8 Å². The lowest BCUT2D eigenvalue weighted by molar-refractivity contribution is 0.218. The Morgan fingerprint density at radius 1 is 1.26 bits per heavy atom. The molecule has 1 fully saturated rings. The molecule has 0 aliphatic carbocycles. The van der Waals surface area contributed by atoms with Gasteiger partial charge in [-0.25, -0.2) is 8.42 Å². The SMILES string of the molecule is Cc1nn(CCN2CCCCC2)cc1CN[C@H]1C=CS(=O)(=O)C1. The summed E-state index contributed by atoms with van der Waals surface area (Å²) in [5.41, 5.74) is 2.15. The van der Waals surface area contributed by atoms with Crippen LogP contribution in [0.2, 0.25) is 0 Å². The molecule has 3 heterocycles. The van der Waals surface area contributed by atoms with Crippen molar-refractivity contribution in [3.8, 4) is 0 Å². The molecule has 1 N–H and O–H groups in total. The van der Waals surface area contributed by atoms with Gasteiger partial charge in [0.1, 0.15) is 0 Å². The van der Waals surface area contributed by atoms with E-state index in [0.717, 1.165) is 24.3 Å². The zero-order valence-electron chi connectivity index (χ0n) is 13.7. The first kappa shape index (κ1) is 16.7. The molecule has 0 unspecified atom stereocenters. The standard InChI is InChI=1S/C16H26N4O2S/c1-14-15(11-17-16-5-10-23(21,22)13-16)12-20(18-14)9-8-19-6-3-2-4-7-19/h5,10,12,16-17H,2-4,6-9,11,13H2,1H3/t16-/m0/s1. The quantitative estimate of drug-likeness (QED) is 0.841. The van der Waals surface area contributed by atoms with Crippen molar-refractivity contribution in [3.05, 3.63) is 28.9 Å². The normalized spacial score (nSPS) is 24.3. The Morgan fingerprint density at radius 2 is 2.04 bits per heavy atom. The number of sulfone groups is 1. The Bertz CT molecular complexity index is 660. The number of likely N-dealkylation sites (tertiary alicyclic amines) is 1. The number of aryl methyl sites for hydroxylation is 1. The monoisotopic (exact) mass is 338 g/mol. The van der Waals surface area contributed by atoms with Gasteiger partial charge in [0, 0.05) is 36.3 Å². The lowest BCUT2D eigenvalue weighted by atomic mass is 10.1. The van der Waals surface area contributed by atoms with Gasteiger partial charge in [0.25, 0.3) is 0 Å². The summed E-state index contributed by atoms with van der Waals surface area (Å²) in [6.45, 7) is 7.04. The lowest BCUT2D eigenvalue weighted by Gasteiger charge is -2.26. The molecule has 6 nitrogen and oxygen atoms in total. The van der Waals surface area contributed by atoms with Crippen molar-refractivity contribution in [1.29, 1.82) is 0 Å². The molecular formula is C16H26N4O2S. The van der Waals surface area contributed by atoms with Gasteiger partial charge in [0.15, 0.2) is 9.84 Å². The molecule has 0 saturated carbocycles. The first-order valence-electron chi connectivity index (χ1n) is 8.41. The highest BCUT2D eigenvalue weighted by Gasteiger charge is 2.21. The number of nitrogens with one attached hydrogen (secondary N) is 1. The van der Waals surface area contributed by atoms with Crippen molar-refractivity contribution in [2.75, 3.05) is 25.4 Å². The molecule has 0 aromatic carbocycles. The molecule has 0 bridgehead atoms. The highest BCUT2D eigenvalue weighted by atomic mass is 32.2. The lowest BCUT2D eigenvalue weighted by Crippen LogP contribution is -2.32. The molecule has 2 aliphatic rings. The highest BCUT2D eigenvalue weighted by molar-refractivity contribution is 7.94. The number of hydrogen-bond donors (Lipinski definition) is 1. The van der Waals surface area contributed by atoms with Gasteiger partial charge in [-0.3, -0.25) is 4.68 Å². The smallest absolute Gasteiger partial charge is 0.173 e. The summed E-state index contributed by atoms with van der Waals surface area (Å²) in [5, 5.41) is 9.17. The maximum absolute atomic E-state index is 11.4. The Morgan fingerprint density at radius 3 is 2.74 bits per heavy atom. The second-order valence-corrected chi connectivity index (χ2v) is 8.48. The molecule has 0 radical (unpaired) electrons. The summed E-state index contributed by atoms with van der Waals surface area (Å²) in [7, 11) is -3.00. The second kappa shape index (κ2) is 7.15. The predicted molar refractivity (Wildman–Crippen MR) is 90.8 cm³/mol. The van der Waals surface area contributed by atoms with E-state index in [0.29, 0.717) is 6.54 Å². The van der Waals surface area contributed by atoms with E-state index in [9.17, 15) is 8.42 Å². The maximum Gasteiger partial charge on any atom is 0.173 e. The van der Waals surface area contributed by atoms with E-state index in [1.807, 2.05) is 11.6 Å². The summed E-state index contributed by atoms with van der Waals surface area (Å²) >= 11 is 0. The third-order valence-electron chi connectivity index (χ3n) is 4.63. The molecule has 3 rings (SSSR count). The average molecular weight is 338 g/mol. The molecular weight excluding hydrogens is 312 g/mol. The van der Waals surface area contributed by atoms with Crippen LogP contribution >= 0.6 is 0 Å². The zero-order chi connectivity index (χ0) is 16.3. The van der Waals surface area contributed by atoms with Crippen LogP contribution in [0.15, 0.2) is 17.7 Å². The minimum absolute atomic E-state index is 0.0869. The van der Waals surface area contributed by atoms with E-state index >= 15 is 0 Å². The average Bonchev–Trinajstić information content (AvgIpc) is 3.06. The molecule has 23 heavy (non-hydrogen) atoms. The third kappa shape index (κ3) is 4.65. The summed E-state index contributed by atoms with van der Waals surface area (Å²) in [6, 6.07) is -0.0869. The van der Waals surface area contributed by atoms with E-state index in [-0.39, 0.29) is 11.8 Å². The van der Waals surface area contributed by atoms with Crippen molar-refractivity contribution >= 4 is 9.84 Å². The molecule has 0 spiro atoms. The van der Waals surface area contributed by atoms with Gasteiger partial charge in [-0.1, -0.05) is 12.5 Å². The topological polar surface area (TPSA) is 67.2 Å². The first-order chi connectivity index (χ1) is 11.0. The van der Waals surface area contributed by atoms with Crippen LogP contribution in [0.5, 0.6) is 0 Å². The van der Waals surface area contributed by atoms with Crippen LogP contribution in [0, 0.1) is 6.92 Å². The van der Waals surface area contributed by atoms with Gasteiger partial charge in [-0.15, -0.1) is 0 Å². The van der Waals surface area contributed by atoms with Crippen LogP contribution in [0.1, 0.15) is 30.5 Å². The van der Waals surface area contributed by atoms with Crippen LogP contribution in [0.4, 0.5) is 0 Å². The minimum Gasteiger partial charge on any atom is -0.305 e. The molecule has 1 aromatic heterocycles. The summed E-state index contributed by atoms with van der Waals surface area (Å²) < 4.78 is 24.8. The fourth-order valence-corrected chi connectivity index (χ4v) is 4.49. The molecule has 1 aromatic rings. The highest BCUT2D eigenvalue weighted by Crippen LogP contribution is 2.12. The molecule has 7 heteroatoms. The fourth-order valence-electron chi connectivity index (χ4n) is 3.22. The van der Waals surface area contributed by atoms with Crippen molar-refractivity contribution < 1.29 is 8.42 Å². The van der Waals surface area contributed by atoms with Gasteiger partial charge in [0.05, 0.1) is 18.0 Å². The molecule has 1 atom stereocenters. The van der Waals surface area contributed by atoms with Gasteiger partial charge in [-0.2, -0.15) is 5.10 Å². The number of piperidine rings is 1. The van der Waals surface area contributed by atoms with Gasteiger partial charge < -0.3 is 10.2 Å². The van der Waals surface area contributed by atoms with Gasteiger partial charge in [-0.05, 0) is 32.9 Å². The number of rotatable bonds is 6. The molecule has 0 amide bonds. The Kier molecular flexibility index (Phi) is 5.18. The van der Waals surface area contributed by atoms with Gasteiger partial charge >= 0.3 is 0 Å². The van der Waals surface area contributed by atoms with E-state index in [2.05, 4.69) is 21.5 Å². The van der Waals surface area contributed by atoms with Crippen LogP contribution in [-0.2, 0) is 22.9 Å². The van der Waals surface area contributed by atoms with Crippen molar-refractivity contribution in [1.82, 2.24) is 20.0 Å².